The summed E-state index contributed by atoms with van der Waals surface area (Å²) < 4.78 is 5.06. The van der Waals surface area contributed by atoms with Crippen molar-refractivity contribution in [2.75, 3.05) is 6.61 Å². The van der Waals surface area contributed by atoms with Gasteiger partial charge in [-0.1, -0.05) is 89.4 Å². The number of Topliss-reactive ketones (excluding diaryl/α,β-unsaturated/α-hetero) is 2. The third-order valence-electron chi connectivity index (χ3n) is 4.55. The van der Waals surface area contributed by atoms with Crippen LogP contribution in [0.4, 0.5) is 0 Å². The highest BCUT2D eigenvalue weighted by Crippen LogP contribution is 2.24. The van der Waals surface area contributed by atoms with Crippen LogP contribution in [0, 0.1) is 17.8 Å². The fourth-order valence-electron chi connectivity index (χ4n) is 3.13. The predicted molar refractivity (Wildman–Crippen MR) is 124 cm³/mol. The van der Waals surface area contributed by atoms with Crippen molar-refractivity contribution in [3.8, 4) is 0 Å². The molecule has 1 aromatic rings. The Bertz CT molecular complexity index is 644. The van der Waals surface area contributed by atoms with Gasteiger partial charge in [-0.25, -0.2) is 0 Å². The highest BCUT2D eigenvalue weighted by molar-refractivity contribution is 5.99. The van der Waals surface area contributed by atoms with Gasteiger partial charge in [0.25, 0.3) is 0 Å². The van der Waals surface area contributed by atoms with Crippen LogP contribution in [0.3, 0.4) is 0 Å². The van der Waals surface area contributed by atoms with Crippen LogP contribution in [0.5, 0.6) is 0 Å². The van der Waals surface area contributed by atoms with Crippen LogP contribution in [0.15, 0.2) is 36.4 Å². The van der Waals surface area contributed by atoms with E-state index in [0.717, 1.165) is 5.56 Å². The van der Waals surface area contributed by atoms with E-state index in [4.69, 9.17) is 4.74 Å². The highest BCUT2D eigenvalue weighted by Gasteiger charge is 2.33. The lowest BCUT2D eigenvalue weighted by Crippen LogP contribution is -2.32. The van der Waals surface area contributed by atoms with Gasteiger partial charge in [-0.2, -0.15) is 0 Å². The van der Waals surface area contributed by atoms with Gasteiger partial charge in [-0.05, 0) is 25.3 Å². The Morgan fingerprint density at radius 1 is 0.967 bits per heavy atom. The molecule has 4 nitrogen and oxygen atoms in total. The maximum atomic E-state index is 12.3. The van der Waals surface area contributed by atoms with Crippen molar-refractivity contribution in [1.29, 1.82) is 0 Å². The summed E-state index contributed by atoms with van der Waals surface area (Å²) in [6.45, 7) is 11.7. The zero-order valence-corrected chi connectivity index (χ0v) is 19.6. The summed E-state index contributed by atoms with van der Waals surface area (Å²) in [7, 11) is 0. The van der Waals surface area contributed by atoms with Gasteiger partial charge >= 0.3 is 5.97 Å². The summed E-state index contributed by atoms with van der Waals surface area (Å²) in [6, 6.07) is 9.59. The number of carbonyl (C=O) groups excluding carboxylic acids is 3. The normalized spacial score (nSPS) is 12.8. The smallest absolute Gasteiger partial charge is 0.317 e. The molecule has 1 aromatic carbocycles. The molecule has 2 unspecified atom stereocenters. The van der Waals surface area contributed by atoms with Gasteiger partial charge in [-0.15, -0.1) is 0 Å². The van der Waals surface area contributed by atoms with E-state index >= 15 is 0 Å². The van der Waals surface area contributed by atoms with Crippen molar-refractivity contribution in [3.63, 3.8) is 0 Å². The Balaban J connectivity index is 0.00000150. The second-order valence-electron chi connectivity index (χ2n) is 7.97. The monoisotopic (exact) mass is 416 g/mol. The van der Waals surface area contributed by atoms with Crippen LogP contribution < -0.4 is 0 Å². The number of benzene rings is 1. The van der Waals surface area contributed by atoms with Gasteiger partial charge in [0.05, 0.1) is 6.61 Å². The average molecular weight is 417 g/mol. The Labute approximate surface area is 183 Å². The zero-order chi connectivity index (χ0) is 22.9. The Hall–Kier alpha value is -2.23. The van der Waals surface area contributed by atoms with Gasteiger partial charge in [0.2, 0.25) is 0 Å². The first kappa shape index (κ1) is 27.8. The van der Waals surface area contributed by atoms with Crippen LogP contribution >= 0.6 is 0 Å². The number of rotatable bonds is 12. The molecular weight excluding hydrogens is 376 g/mol. The predicted octanol–water partition coefficient (Wildman–Crippen LogP) is 6.29. The molecule has 0 aliphatic carbocycles. The SMILES string of the molecule is CCCCC.CCOC(=O)C(C(C)=O)C(/C=C/c1ccccc1)CC(=O)CC(C)C. The first-order valence-corrected chi connectivity index (χ1v) is 11.2. The van der Waals surface area contributed by atoms with Crippen molar-refractivity contribution >= 4 is 23.6 Å². The summed E-state index contributed by atoms with van der Waals surface area (Å²) in [4.78, 5) is 36.6. The average Bonchev–Trinajstić information content (AvgIpc) is 2.67. The highest BCUT2D eigenvalue weighted by atomic mass is 16.5. The van der Waals surface area contributed by atoms with Gasteiger partial charge in [-0.3, -0.25) is 14.4 Å². The summed E-state index contributed by atoms with van der Waals surface area (Å²) in [6.07, 6.45) is 8.31. The molecule has 0 spiro atoms. The molecule has 4 heteroatoms. The molecular formula is C26H40O4. The number of carbonyl (C=O) groups is 3. The maximum absolute atomic E-state index is 12.3. The van der Waals surface area contributed by atoms with Crippen LogP contribution in [-0.2, 0) is 19.1 Å². The molecule has 0 saturated heterocycles. The molecule has 168 valence electrons. The minimum atomic E-state index is -0.948. The molecule has 0 aromatic heterocycles. The van der Waals surface area contributed by atoms with Gasteiger partial charge in [0.1, 0.15) is 17.5 Å². The Morgan fingerprint density at radius 2 is 1.57 bits per heavy atom. The Kier molecular flexibility index (Phi) is 15.3. The molecule has 0 bridgehead atoms. The zero-order valence-electron chi connectivity index (χ0n) is 19.6. The summed E-state index contributed by atoms with van der Waals surface area (Å²) >= 11 is 0. The molecule has 0 saturated carbocycles. The van der Waals surface area contributed by atoms with E-state index in [-0.39, 0.29) is 30.5 Å². The van der Waals surface area contributed by atoms with Crippen LogP contribution in [-0.4, -0.2) is 24.1 Å². The number of ketones is 2. The molecule has 0 N–H and O–H groups in total. The lowest BCUT2D eigenvalue weighted by Gasteiger charge is -2.21. The quantitative estimate of drug-likeness (QED) is 0.297. The van der Waals surface area contributed by atoms with E-state index in [0.29, 0.717) is 6.42 Å². The molecule has 0 fully saturated rings. The second kappa shape index (κ2) is 16.6. The van der Waals surface area contributed by atoms with Crippen molar-refractivity contribution in [3.05, 3.63) is 42.0 Å². The molecule has 0 aliphatic heterocycles. The van der Waals surface area contributed by atoms with E-state index in [1.165, 1.54) is 26.2 Å². The maximum Gasteiger partial charge on any atom is 0.317 e. The number of hydrogen-bond acceptors (Lipinski definition) is 4. The van der Waals surface area contributed by atoms with E-state index in [1.807, 2.05) is 50.3 Å². The fraction of sp³-hybridized carbons (Fsp3) is 0.577. The van der Waals surface area contributed by atoms with Gasteiger partial charge in [0.15, 0.2) is 0 Å². The van der Waals surface area contributed by atoms with Crippen molar-refractivity contribution in [2.45, 2.75) is 73.6 Å². The second-order valence-corrected chi connectivity index (χ2v) is 7.97. The van der Waals surface area contributed by atoms with Crippen LogP contribution in [0.25, 0.3) is 6.08 Å². The first-order valence-electron chi connectivity index (χ1n) is 11.2. The number of unbranched alkanes of at least 4 members (excludes halogenated alkanes) is 2. The number of hydrogen-bond donors (Lipinski definition) is 0. The first-order chi connectivity index (χ1) is 14.3. The van der Waals surface area contributed by atoms with E-state index in [1.54, 1.807) is 13.0 Å². The van der Waals surface area contributed by atoms with Gasteiger partial charge in [0, 0.05) is 18.8 Å². The third kappa shape index (κ3) is 12.4. The number of esters is 1. The molecule has 0 aliphatic rings. The summed E-state index contributed by atoms with van der Waals surface area (Å²) in [5.41, 5.74) is 0.954. The summed E-state index contributed by atoms with van der Waals surface area (Å²) in [5, 5.41) is 0. The minimum Gasteiger partial charge on any atom is -0.465 e. The number of ether oxygens (including phenoxy) is 1. The fourth-order valence-corrected chi connectivity index (χ4v) is 3.13. The van der Waals surface area contributed by atoms with Crippen molar-refractivity contribution < 1.29 is 19.1 Å². The topological polar surface area (TPSA) is 60.4 Å². The standard InChI is InChI=1S/C21H28O4.C5H12/c1-5-25-21(24)20(16(4)22)18(14-19(23)13-15(2)3)12-11-17-9-7-6-8-10-17;1-3-5-4-2/h6-12,15,18,20H,5,13-14H2,1-4H3;3-5H2,1-2H3/b12-11+;. The molecule has 2 atom stereocenters. The van der Waals surface area contributed by atoms with E-state index in [9.17, 15) is 14.4 Å². The van der Waals surface area contributed by atoms with E-state index in [2.05, 4.69) is 13.8 Å². The van der Waals surface area contributed by atoms with E-state index < -0.39 is 17.8 Å². The van der Waals surface area contributed by atoms with Crippen LogP contribution in [0.1, 0.15) is 79.2 Å². The van der Waals surface area contributed by atoms with Crippen molar-refractivity contribution in [1.82, 2.24) is 0 Å². The number of allylic oxidation sites excluding steroid dienone is 1. The molecule has 0 amide bonds. The van der Waals surface area contributed by atoms with Crippen molar-refractivity contribution in [2.24, 2.45) is 17.8 Å². The minimum absolute atomic E-state index is 0.0493. The summed E-state index contributed by atoms with van der Waals surface area (Å²) in [5.74, 6) is -1.99. The molecule has 0 heterocycles. The van der Waals surface area contributed by atoms with Gasteiger partial charge < -0.3 is 4.74 Å². The Morgan fingerprint density at radius 3 is 2.00 bits per heavy atom. The van der Waals surface area contributed by atoms with Crippen LogP contribution in [0.2, 0.25) is 0 Å². The molecule has 30 heavy (non-hydrogen) atoms. The largest absolute Gasteiger partial charge is 0.465 e. The molecule has 0 radical (unpaired) electrons. The molecule has 1 rings (SSSR count). The third-order valence-corrected chi connectivity index (χ3v) is 4.55. The lowest BCUT2D eigenvalue weighted by molar-refractivity contribution is -0.152. The lowest BCUT2D eigenvalue weighted by atomic mass is 9.83.